The minimum absolute atomic E-state index is 0.136. The Balaban J connectivity index is 2.59. The fourth-order valence-electron chi connectivity index (χ4n) is 1.68. The Morgan fingerprint density at radius 3 is 2.55 bits per heavy atom. The third kappa shape index (κ3) is 3.93. The maximum Gasteiger partial charge on any atom is 0.248 e. The molecular formula is C16H16ClNOS. The van der Waals surface area contributed by atoms with E-state index in [0.717, 1.165) is 16.7 Å². The lowest BCUT2D eigenvalue weighted by molar-refractivity contribution is 1.24. The van der Waals surface area contributed by atoms with Crippen molar-refractivity contribution >= 4 is 21.6 Å². The minimum atomic E-state index is -0.902. The summed E-state index contributed by atoms with van der Waals surface area (Å²) in [5.74, 6) is 3.21. The van der Waals surface area contributed by atoms with Gasteiger partial charge in [-0.05, 0) is 59.4 Å². The molecule has 2 rings (SSSR count). The predicted octanol–water partition coefficient (Wildman–Crippen LogP) is 3.70. The molecule has 1 heterocycles. The van der Waals surface area contributed by atoms with Crippen LogP contribution in [0, 0.1) is 11.2 Å². The number of nitrogens with one attached hydrogen (secondary N) is 1. The molecule has 0 amide bonds. The van der Waals surface area contributed by atoms with E-state index in [1.165, 1.54) is 0 Å². The van der Waals surface area contributed by atoms with Gasteiger partial charge in [-0.2, -0.15) is 10.0 Å². The van der Waals surface area contributed by atoms with Gasteiger partial charge in [0.15, 0.2) is 0 Å². The number of hydrogen-bond donors (Lipinski definition) is 1. The van der Waals surface area contributed by atoms with Crippen LogP contribution in [0.3, 0.4) is 0 Å². The smallest absolute Gasteiger partial charge is 0.248 e. The van der Waals surface area contributed by atoms with E-state index in [9.17, 15) is 4.79 Å². The molecule has 4 heteroatoms. The van der Waals surface area contributed by atoms with E-state index in [2.05, 4.69) is 34.9 Å². The zero-order valence-electron chi connectivity index (χ0n) is 11.7. The zero-order valence-corrected chi connectivity index (χ0v) is 13.2. The van der Waals surface area contributed by atoms with Crippen LogP contribution in [0.2, 0.25) is 5.02 Å². The number of aromatic amines is 1. The van der Waals surface area contributed by atoms with Crippen molar-refractivity contribution in [1.82, 2.24) is 4.98 Å². The fraction of sp³-hybridized carbons (Fsp3) is 0.188. The molecule has 104 valence electrons. The first-order chi connectivity index (χ1) is 9.35. The average Bonchev–Trinajstić information content (AvgIpc) is 2.36. The summed E-state index contributed by atoms with van der Waals surface area (Å²) in [5, 5.41) is 3.92. The van der Waals surface area contributed by atoms with Crippen LogP contribution in [0.15, 0.2) is 41.3 Å². The minimum Gasteiger partial charge on any atom is -0.329 e. The summed E-state index contributed by atoms with van der Waals surface area (Å²) < 4.78 is 0. The fourth-order valence-corrected chi connectivity index (χ4v) is 2.27. The molecule has 0 aliphatic carbocycles. The van der Waals surface area contributed by atoms with Crippen molar-refractivity contribution in [2.24, 2.45) is 0 Å². The molecule has 0 saturated carbocycles. The highest BCUT2D eigenvalue weighted by Crippen LogP contribution is 2.33. The van der Waals surface area contributed by atoms with Gasteiger partial charge in [-0.1, -0.05) is 17.5 Å². The first kappa shape index (κ1) is 14.8. The number of pyridine rings is 1. The maximum atomic E-state index is 11.5. The average molecular weight is 306 g/mol. The molecular weight excluding hydrogens is 290 g/mol. The van der Waals surface area contributed by atoms with Crippen LogP contribution in [-0.2, 0) is 0 Å². The molecule has 0 aliphatic rings. The lowest BCUT2D eigenvalue weighted by Gasteiger charge is -2.15. The molecule has 0 bridgehead atoms. The van der Waals surface area contributed by atoms with Crippen LogP contribution in [-0.4, -0.2) is 23.8 Å². The van der Waals surface area contributed by atoms with Gasteiger partial charge in [0, 0.05) is 22.8 Å². The van der Waals surface area contributed by atoms with E-state index < -0.39 is 10.0 Å². The Morgan fingerprint density at radius 2 is 1.90 bits per heavy atom. The molecule has 2 nitrogen and oxygen atoms in total. The number of aromatic nitrogens is 1. The first-order valence-electron chi connectivity index (χ1n) is 6.05. The van der Waals surface area contributed by atoms with Gasteiger partial charge in [0.2, 0.25) is 5.56 Å². The monoisotopic (exact) mass is 305 g/mol. The molecule has 1 aromatic heterocycles. The van der Waals surface area contributed by atoms with Crippen molar-refractivity contribution in [3.63, 3.8) is 0 Å². The van der Waals surface area contributed by atoms with Crippen LogP contribution in [0.4, 0.5) is 0 Å². The highest BCUT2D eigenvalue weighted by atomic mass is 35.5. The number of rotatable bonds is 1. The normalized spacial score (nSPS) is 11.6. The molecule has 1 aromatic carbocycles. The Bertz CT molecular complexity index is 747. The van der Waals surface area contributed by atoms with Gasteiger partial charge in [0.25, 0.3) is 0 Å². The van der Waals surface area contributed by atoms with Crippen LogP contribution < -0.4 is 5.56 Å². The Hall–Kier alpha value is -1.63. The second-order valence-corrected chi connectivity index (χ2v) is 9.51. The van der Waals surface area contributed by atoms with Crippen molar-refractivity contribution in [1.29, 1.82) is 0 Å². The van der Waals surface area contributed by atoms with E-state index >= 15 is 0 Å². The maximum absolute atomic E-state index is 11.5. The van der Waals surface area contributed by atoms with Gasteiger partial charge < -0.3 is 4.98 Å². The zero-order chi connectivity index (χ0) is 14.8. The van der Waals surface area contributed by atoms with Crippen molar-refractivity contribution < 1.29 is 0 Å². The van der Waals surface area contributed by atoms with Crippen LogP contribution in [0.1, 0.15) is 5.56 Å². The number of H-pyrrole nitrogens is 1. The van der Waals surface area contributed by atoms with E-state index in [0.29, 0.717) is 5.02 Å². The van der Waals surface area contributed by atoms with Crippen LogP contribution in [0.5, 0.6) is 0 Å². The van der Waals surface area contributed by atoms with Crippen LogP contribution in [0.25, 0.3) is 11.1 Å². The summed E-state index contributed by atoms with van der Waals surface area (Å²) in [6.45, 7) is 0. The molecule has 0 unspecified atom stereocenters. The molecule has 0 aliphatic heterocycles. The Morgan fingerprint density at radius 1 is 1.15 bits per heavy atom. The summed E-state index contributed by atoms with van der Waals surface area (Å²) in [6, 6.07) is 8.97. The quantitative estimate of drug-likeness (QED) is 0.801. The van der Waals surface area contributed by atoms with Crippen LogP contribution >= 0.6 is 21.6 Å². The van der Waals surface area contributed by atoms with E-state index in [1.807, 2.05) is 24.3 Å². The molecule has 0 saturated heterocycles. The molecule has 0 radical (unpaired) electrons. The lowest BCUT2D eigenvalue weighted by Crippen LogP contribution is -2.02. The van der Waals surface area contributed by atoms with E-state index in [1.54, 1.807) is 12.3 Å². The topological polar surface area (TPSA) is 32.9 Å². The summed E-state index contributed by atoms with van der Waals surface area (Å²) in [6.07, 6.45) is 8.05. The van der Waals surface area contributed by atoms with Gasteiger partial charge in [-0.15, -0.1) is 0 Å². The second-order valence-electron chi connectivity index (χ2n) is 5.20. The van der Waals surface area contributed by atoms with Crippen molar-refractivity contribution in [2.75, 3.05) is 18.8 Å². The van der Waals surface area contributed by atoms with Gasteiger partial charge >= 0.3 is 0 Å². The van der Waals surface area contributed by atoms with Crippen molar-refractivity contribution in [3.8, 4) is 22.3 Å². The Kier molecular flexibility index (Phi) is 4.27. The standard InChI is InChI=1S/C16H16ClNOS/c1-20(2,3)9-7-12-4-5-14(17)11-15(12)13-6-8-18-16(19)10-13/h4-6,8,10-11H,1-3H3,(H,18,19). The van der Waals surface area contributed by atoms with Gasteiger partial charge in [0.05, 0.1) is 0 Å². The largest absolute Gasteiger partial charge is 0.329 e. The number of benzene rings is 1. The highest BCUT2D eigenvalue weighted by Gasteiger charge is 2.06. The highest BCUT2D eigenvalue weighted by molar-refractivity contribution is 8.35. The number of halogens is 1. The Labute approximate surface area is 125 Å². The van der Waals surface area contributed by atoms with Gasteiger partial charge in [-0.3, -0.25) is 4.79 Å². The predicted molar refractivity (Wildman–Crippen MR) is 89.7 cm³/mol. The second kappa shape index (κ2) is 5.78. The van der Waals surface area contributed by atoms with Crippen molar-refractivity contribution in [2.45, 2.75) is 0 Å². The molecule has 0 spiro atoms. The molecule has 0 fully saturated rings. The molecule has 20 heavy (non-hydrogen) atoms. The SMILES string of the molecule is CS(C)(C)C#Cc1ccc(Cl)cc1-c1cc[nH]c(=O)c1. The summed E-state index contributed by atoms with van der Waals surface area (Å²) >= 11 is 6.07. The third-order valence-corrected chi connectivity index (χ3v) is 3.51. The lowest BCUT2D eigenvalue weighted by atomic mass is 10.0. The molecule has 2 aromatic rings. The van der Waals surface area contributed by atoms with Gasteiger partial charge in [-0.25, -0.2) is 0 Å². The summed E-state index contributed by atoms with van der Waals surface area (Å²) in [5.41, 5.74) is 2.47. The summed E-state index contributed by atoms with van der Waals surface area (Å²) in [7, 11) is -0.902. The van der Waals surface area contributed by atoms with E-state index in [4.69, 9.17) is 11.6 Å². The summed E-state index contributed by atoms with van der Waals surface area (Å²) in [4.78, 5) is 14.1. The van der Waals surface area contributed by atoms with Gasteiger partial charge in [0.1, 0.15) is 0 Å². The molecule has 0 atom stereocenters. The van der Waals surface area contributed by atoms with E-state index in [-0.39, 0.29) is 5.56 Å². The van der Waals surface area contributed by atoms with Crippen molar-refractivity contribution in [3.05, 3.63) is 57.5 Å². The third-order valence-electron chi connectivity index (χ3n) is 2.56. The number of hydrogen-bond acceptors (Lipinski definition) is 1. The first-order valence-corrected chi connectivity index (χ1v) is 9.28. The molecule has 1 N–H and O–H groups in total.